The van der Waals surface area contributed by atoms with Crippen molar-refractivity contribution in [3.05, 3.63) is 71.5 Å². The summed E-state index contributed by atoms with van der Waals surface area (Å²) in [5.74, 6) is -1.11. The quantitative estimate of drug-likeness (QED) is 0.727. The van der Waals surface area contributed by atoms with Gasteiger partial charge in [-0.15, -0.1) is 0 Å². The molecule has 1 N–H and O–H groups in total. The fourth-order valence-corrected chi connectivity index (χ4v) is 4.73. The number of carbonyl (C=O) groups is 3. The van der Waals surface area contributed by atoms with Gasteiger partial charge in [0, 0.05) is 43.5 Å². The lowest BCUT2D eigenvalue weighted by Crippen LogP contribution is -2.60. The molecule has 2 fully saturated rings. The maximum Gasteiger partial charge on any atom is 0.256 e. The maximum absolute atomic E-state index is 13.7. The second-order valence-electron chi connectivity index (χ2n) is 10.2. The Bertz CT molecular complexity index is 1070. The van der Waals surface area contributed by atoms with E-state index in [1.54, 1.807) is 4.90 Å². The zero-order chi connectivity index (χ0) is 25.2. The van der Waals surface area contributed by atoms with Crippen LogP contribution in [0, 0.1) is 11.2 Å². The van der Waals surface area contributed by atoms with E-state index >= 15 is 0 Å². The molecule has 2 aliphatic rings. The van der Waals surface area contributed by atoms with Crippen LogP contribution in [-0.4, -0.2) is 59.0 Å². The molecule has 1 spiro atoms. The Morgan fingerprint density at radius 3 is 2.26 bits per heavy atom. The minimum Gasteiger partial charge on any atom is -0.353 e. The van der Waals surface area contributed by atoms with Gasteiger partial charge < -0.3 is 15.0 Å². The first-order chi connectivity index (χ1) is 16.6. The second kappa shape index (κ2) is 9.77. The van der Waals surface area contributed by atoms with Crippen LogP contribution >= 0.6 is 0 Å². The van der Waals surface area contributed by atoms with E-state index in [-0.39, 0.29) is 24.0 Å². The summed E-state index contributed by atoms with van der Waals surface area (Å²) >= 11 is 0. The summed E-state index contributed by atoms with van der Waals surface area (Å²) < 4.78 is 19.7. The highest BCUT2D eigenvalue weighted by molar-refractivity contribution is 5.98. The highest BCUT2D eigenvalue weighted by Crippen LogP contribution is 2.39. The van der Waals surface area contributed by atoms with E-state index in [1.165, 1.54) is 29.2 Å². The number of ether oxygens (including phenoxy) is 1. The summed E-state index contributed by atoms with van der Waals surface area (Å²) in [6.07, 6.45) is 0.786. The molecule has 7 nitrogen and oxygen atoms in total. The van der Waals surface area contributed by atoms with Gasteiger partial charge in [0.2, 0.25) is 11.8 Å². The molecule has 35 heavy (non-hydrogen) atoms. The van der Waals surface area contributed by atoms with Gasteiger partial charge in [-0.3, -0.25) is 19.3 Å². The normalized spacial score (nSPS) is 19.6. The first kappa shape index (κ1) is 24.9. The second-order valence-corrected chi connectivity index (χ2v) is 10.2. The maximum atomic E-state index is 13.7. The Kier molecular flexibility index (Phi) is 6.94. The molecular weight excluding hydrogens is 449 g/mol. The van der Waals surface area contributed by atoms with Crippen LogP contribution < -0.4 is 5.32 Å². The Hall–Kier alpha value is -3.26. The van der Waals surface area contributed by atoms with Crippen LogP contribution in [0.4, 0.5) is 4.39 Å². The number of nitrogens with zero attached hydrogens (tertiary/aromatic N) is 2. The summed E-state index contributed by atoms with van der Waals surface area (Å²) in [6, 6.07) is 14.0. The van der Waals surface area contributed by atoms with Crippen LogP contribution in [0.3, 0.4) is 0 Å². The lowest BCUT2D eigenvalue weighted by atomic mass is 9.91. The average molecular weight is 482 g/mol. The molecule has 2 aliphatic heterocycles. The van der Waals surface area contributed by atoms with E-state index in [2.05, 4.69) is 5.32 Å². The summed E-state index contributed by atoms with van der Waals surface area (Å²) in [4.78, 5) is 43.0. The van der Waals surface area contributed by atoms with E-state index in [9.17, 15) is 18.8 Å². The molecule has 2 aromatic carbocycles. The summed E-state index contributed by atoms with van der Waals surface area (Å²) in [5.41, 5.74) is -0.287. The van der Waals surface area contributed by atoms with E-state index in [4.69, 9.17) is 4.74 Å². The molecule has 3 amide bonds. The minimum absolute atomic E-state index is 0.0407. The highest BCUT2D eigenvalue weighted by Gasteiger charge is 2.54. The van der Waals surface area contributed by atoms with Gasteiger partial charge in [0.25, 0.3) is 5.91 Å². The zero-order valence-corrected chi connectivity index (χ0v) is 20.4. The molecule has 2 saturated heterocycles. The van der Waals surface area contributed by atoms with Gasteiger partial charge in [-0.2, -0.15) is 0 Å². The number of hydrogen-bond donors (Lipinski definition) is 1. The van der Waals surface area contributed by atoms with Crippen LogP contribution in [-0.2, 0) is 20.9 Å². The third-order valence-corrected chi connectivity index (χ3v) is 6.66. The van der Waals surface area contributed by atoms with Crippen LogP contribution in [0.25, 0.3) is 0 Å². The standard InChI is InChI=1S/C27H32FN3O4/c1-26(2,3)25(34)30-15-13-27(14-16-30)31(24(33)20-9-11-21(28)12-10-20)22(18-35-27)23(32)29-17-19-7-5-4-6-8-19/h4-12,22H,13-18H2,1-3H3,(H,29,32). The lowest BCUT2D eigenvalue weighted by Gasteiger charge is -2.45. The molecule has 0 saturated carbocycles. The van der Waals surface area contributed by atoms with Crippen molar-refractivity contribution in [1.82, 2.24) is 15.1 Å². The molecule has 0 radical (unpaired) electrons. The zero-order valence-electron chi connectivity index (χ0n) is 20.4. The van der Waals surface area contributed by atoms with Crippen molar-refractivity contribution < 1.29 is 23.5 Å². The predicted molar refractivity (Wildman–Crippen MR) is 129 cm³/mol. The van der Waals surface area contributed by atoms with E-state index in [0.717, 1.165) is 5.56 Å². The van der Waals surface area contributed by atoms with Gasteiger partial charge in [0.05, 0.1) is 6.61 Å². The van der Waals surface area contributed by atoms with E-state index in [0.29, 0.717) is 32.5 Å². The van der Waals surface area contributed by atoms with Gasteiger partial charge in [0.1, 0.15) is 17.6 Å². The molecular formula is C27H32FN3O4. The van der Waals surface area contributed by atoms with Crippen molar-refractivity contribution >= 4 is 17.7 Å². The lowest BCUT2D eigenvalue weighted by molar-refractivity contribution is -0.150. The molecule has 0 aromatic heterocycles. The molecule has 8 heteroatoms. The number of likely N-dealkylation sites (tertiary alicyclic amines) is 1. The Labute approximate surface area is 205 Å². The first-order valence-corrected chi connectivity index (χ1v) is 11.9. The molecule has 2 heterocycles. The number of rotatable bonds is 4. The number of nitrogens with one attached hydrogen (secondary N) is 1. The van der Waals surface area contributed by atoms with Crippen molar-refractivity contribution in [3.63, 3.8) is 0 Å². The Balaban J connectivity index is 1.56. The molecule has 1 atom stereocenters. The number of amides is 3. The molecule has 4 rings (SSSR count). The molecule has 186 valence electrons. The topological polar surface area (TPSA) is 79.0 Å². The average Bonchev–Trinajstić information content (AvgIpc) is 3.21. The molecule has 0 bridgehead atoms. The minimum atomic E-state index is -1.01. The van der Waals surface area contributed by atoms with Crippen LogP contribution in [0.1, 0.15) is 49.5 Å². The molecule has 0 aliphatic carbocycles. The van der Waals surface area contributed by atoms with Gasteiger partial charge in [0.15, 0.2) is 0 Å². The van der Waals surface area contributed by atoms with Crippen molar-refractivity contribution in [2.24, 2.45) is 5.41 Å². The Morgan fingerprint density at radius 2 is 1.66 bits per heavy atom. The fraction of sp³-hybridized carbons (Fsp3) is 0.444. The van der Waals surface area contributed by atoms with Gasteiger partial charge >= 0.3 is 0 Å². The largest absolute Gasteiger partial charge is 0.353 e. The van der Waals surface area contributed by atoms with Crippen molar-refractivity contribution in [2.45, 2.75) is 51.9 Å². The number of piperidine rings is 1. The predicted octanol–water partition coefficient (Wildman–Crippen LogP) is 3.35. The summed E-state index contributed by atoms with van der Waals surface area (Å²) in [7, 11) is 0. The highest BCUT2D eigenvalue weighted by atomic mass is 19.1. The first-order valence-electron chi connectivity index (χ1n) is 11.9. The SMILES string of the molecule is CC(C)(C)C(=O)N1CCC2(CC1)OCC(C(=O)NCc1ccccc1)N2C(=O)c1ccc(F)cc1. The van der Waals surface area contributed by atoms with E-state index in [1.807, 2.05) is 51.1 Å². The number of carbonyl (C=O) groups excluding carboxylic acids is 3. The van der Waals surface area contributed by atoms with Crippen molar-refractivity contribution in [3.8, 4) is 0 Å². The van der Waals surface area contributed by atoms with Gasteiger partial charge in [-0.1, -0.05) is 51.1 Å². The Morgan fingerprint density at radius 1 is 1.03 bits per heavy atom. The third kappa shape index (κ3) is 5.22. The summed E-state index contributed by atoms with van der Waals surface area (Å²) in [5, 5.41) is 2.92. The number of halogens is 1. The smallest absolute Gasteiger partial charge is 0.256 e. The van der Waals surface area contributed by atoms with E-state index < -0.39 is 28.9 Å². The number of hydrogen-bond acceptors (Lipinski definition) is 4. The fourth-order valence-electron chi connectivity index (χ4n) is 4.73. The van der Waals surface area contributed by atoms with Crippen LogP contribution in [0.2, 0.25) is 0 Å². The third-order valence-electron chi connectivity index (χ3n) is 6.66. The molecule has 2 aromatic rings. The van der Waals surface area contributed by atoms with Crippen molar-refractivity contribution in [1.29, 1.82) is 0 Å². The summed E-state index contributed by atoms with van der Waals surface area (Å²) in [6.45, 7) is 6.86. The monoisotopic (exact) mass is 481 g/mol. The van der Waals surface area contributed by atoms with Gasteiger partial charge in [-0.05, 0) is 29.8 Å². The van der Waals surface area contributed by atoms with Gasteiger partial charge in [-0.25, -0.2) is 4.39 Å². The van der Waals surface area contributed by atoms with Crippen LogP contribution in [0.15, 0.2) is 54.6 Å². The molecule has 1 unspecified atom stereocenters. The van der Waals surface area contributed by atoms with Crippen LogP contribution in [0.5, 0.6) is 0 Å². The number of benzene rings is 2. The van der Waals surface area contributed by atoms with Crippen molar-refractivity contribution in [2.75, 3.05) is 19.7 Å².